The molecule has 1 saturated heterocycles. The Morgan fingerprint density at radius 1 is 1.32 bits per heavy atom. The Hall–Kier alpha value is -0.770. The van der Waals surface area contributed by atoms with Gasteiger partial charge in [-0.2, -0.15) is 0 Å². The highest BCUT2D eigenvalue weighted by molar-refractivity contribution is 5.78. The zero-order valence-electron chi connectivity index (χ0n) is 12.1. The predicted molar refractivity (Wildman–Crippen MR) is 79.1 cm³/mol. The van der Waals surface area contributed by atoms with Crippen LogP contribution in [0, 0.1) is 11.8 Å². The molecular formula is C15H28N4. The maximum Gasteiger partial charge on any atom is 0.188 e. The molecule has 4 nitrogen and oxygen atoms in total. The number of rotatable bonds is 5. The van der Waals surface area contributed by atoms with Crippen LogP contribution in [0.4, 0.5) is 0 Å². The van der Waals surface area contributed by atoms with E-state index in [0.717, 1.165) is 24.9 Å². The molecule has 3 aliphatic rings. The van der Waals surface area contributed by atoms with Crippen molar-refractivity contribution < 1.29 is 0 Å². The molecule has 2 saturated carbocycles. The van der Waals surface area contributed by atoms with Gasteiger partial charge in [-0.15, -0.1) is 0 Å². The lowest BCUT2D eigenvalue weighted by atomic mass is 9.81. The van der Waals surface area contributed by atoms with E-state index in [1.807, 2.05) is 0 Å². The normalized spacial score (nSPS) is 36.3. The standard InChI is InChI=1S/C15H28N4/c1-2-19-8-4-7-12(19)10-17-15(16)18-14-9-13(14)11-5-3-6-11/h11-14H,2-10H2,1H3,(H3,16,17,18)/t12?,13-,14+/m0/s1. The fraction of sp³-hybridized carbons (Fsp3) is 0.933. The van der Waals surface area contributed by atoms with Gasteiger partial charge in [-0.1, -0.05) is 26.2 Å². The van der Waals surface area contributed by atoms with Gasteiger partial charge in [0.05, 0.1) is 6.54 Å². The molecule has 19 heavy (non-hydrogen) atoms. The van der Waals surface area contributed by atoms with Gasteiger partial charge in [0.25, 0.3) is 0 Å². The van der Waals surface area contributed by atoms with Crippen LogP contribution in [0.2, 0.25) is 0 Å². The Bertz CT molecular complexity index is 337. The number of likely N-dealkylation sites (tertiary alicyclic amines) is 1. The topological polar surface area (TPSA) is 53.6 Å². The van der Waals surface area contributed by atoms with Gasteiger partial charge in [-0.3, -0.25) is 9.89 Å². The monoisotopic (exact) mass is 264 g/mol. The summed E-state index contributed by atoms with van der Waals surface area (Å²) in [7, 11) is 0. The molecule has 108 valence electrons. The first-order valence-electron chi connectivity index (χ1n) is 8.08. The van der Waals surface area contributed by atoms with Crippen LogP contribution in [0.1, 0.15) is 45.4 Å². The van der Waals surface area contributed by atoms with Gasteiger partial charge in [0.1, 0.15) is 0 Å². The van der Waals surface area contributed by atoms with Crippen LogP contribution < -0.4 is 11.1 Å². The van der Waals surface area contributed by atoms with Gasteiger partial charge in [0.15, 0.2) is 5.96 Å². The summed E-state index contributed by atoms with van der Waals surface area (Å²) >= 11 is 0. The zero-order valence-corrected chi connectivity index (χ0v) is 12.1. The minimum absolute atomic E-state index is 0.618. The van der Waals surface area contributed by atoms with E-state index >= 15 is 0 Å². The van der Waals surface area contributed by atoms with Crippen LogP contribution in [0.15, 0.2) is 4.99 Å². The average molecular weight is 264 g/mol. The summed E-state index contributed by atoms with van der Waals surface area (Å²) in [6, 6.07) is 1.24. The van der Waals surface area contributed by atoms with E-state index in [9.17, 15) is 0 Å². The van der Waals surface area contributed by atoms with Crippen molar-refractivity contribution in [2.45, 2.75) is 57.5 Å². The molecular weight excluding hydrogens is 236 g/mol. The quantitative estimate of drug-likeness (QED) is 0.585. The Morgan fingerprint density at radius 2 is 2.16 bits per heavy atom. The Kier molecular flexibility index (Phi) is 3.96. The highest BCUT2D eigenvalue weighted by atomic mass is 15.2. The molecule has 0 aromatic rings. The molecule has 0 amide bonds. The van der Waals surface area contributed by atoms with Crippen LogP contribution in [0.25, 0.3) is 0 Å². The summed E-state index contributed by atoms with van der Waals surface area (Å²) in [4.78, 5) is 7.08. The van der Waals surface area contributed by atoms with E-state index in [2.05, 4.69) is 22.1 Å². The number of nitrogens with two attached hydrogens (primary N) is 1. The highest BCUT2D eigenvalue weighted by Gasteiger charge is 2.45. The minimum atomic E-state index is 0.618. The SMILES string of the molecule is CCN1CCCC1CN=C(N)N[C@@H]1C[C@H]1C1CCC1. The van der Waals surface area contributed by atoms with E-state index in [1.54, 1.807) is 0 Å². The second-order valence-electron chi connectivity index (χ2n) is 6.49. The lowest BCUT2D eigenvalue weighted by Gasteiger charge is -2.25. The van der Waals surface area contributed by atoms with Gasteiger partial charge in [-0.05, 0) is 44.2 Å². The molecule has 0 aromatic carbocycles. The number of guanidine groups is 1. The Balaban J connectivity index is 1.40. The number of nitrogens with one attached hydrogen (secondary N) is 1. The van der Waals surface area contributed by atoms with Crippen molar-refractivity contribution in [2.24, 2.45) is 22.6 Å². The van der Waals surface area contributed by atoms with Gasteiger partial charge < -0.3 is 11.1 Å². The summed E-state index contributed by atoms with van der Waals surface area (Å²) in [6.07, 6.45) is 8.21. The molecule has 1 heterocycles. The molecule has 0 aromatic heterocycles. The molecule has 3 rings (SSSR count). The highest BCUT2D eigenvalue weighted by Crippen LogP contribution is 2.46. The fourth-order valence-corrected chi connectivity index (χ4v) is 3.73. The van der Waals surface area contributed by atoms with Crippen molar-refractivity contribution in [3.05, 3.63) is 0 Å². The molecule has 3 N–H and O–H groups in total. The summed E-state index contributed by atoms with van der Waals surface area (Å²) in [5, 5.41) is 3.42. The first-order chi connectivity index (χ1) is 9.28. The van der Waals surface area contributed by atoms with E-state index in [4.69, 9.17) is 5.73 Å². The lowest BCUT2D eigenvalue weighted by molar-refractivity contribution is 0.270. The molecule has 3 fully saturated rings. The summed E-state index contributed by atoms with van der Waals surface area (Å²) < 4.78 is 0. The fourth-order valence-electron chi connectivity index (χ4n) is 3.73. The lowest BCUT2D eigenvalue weighted by Crippen LogP contribution is -2.37. The zero-order chi connectivity index (χ0) is 13.2. The van der Waals surface area contributed by atoms with Crippen molar-refractivity contribution in [2.75, 3.05) is 19.6 Å². The predicted octanol–water partition coefficient (Wildman–Crippen LogP) is 1.56. The average Bonchev–Trinajstić information content (AvgIpc) is 2.91. The van der Waals surface area contributed by atoms with Crippen LogP contribution in [-0.4, -0.2) is 42.6 Å². The number of hydrogen-bond acceptors (Lipinski definition) is 2. The van der Waals surface area contributed by atoms with E-state index in [0.29, 0.717) is 18.0 Å². The second-order valence-corrected chi connectivity index (χ2v) is 6.49. The largest absolute Gasteiger partial charge is 0.370 e. The first kappa shape index (κ1) is 13.2. The molecule has 0 spiro atoms. The van der Waals surface area contributed by atoms with Crippen LogP contribution in [0.5, 0.6) is 0 Å². The molecule has 2 aliphatic carbocycles. The van der Waals surface area contributed by atoms with Crippen LogP contribution >= 0.6 is 0 Å². The number of likely N-dealkylation sites (N-methyl/N-ethyl adjacent to an activating group) is 1. The third-order valence-corrected chi connectivity index (χ3v) is 5.31. The van der Waals surface area contributed by atoms with Crippen molar-refractivity contribution in [3.8, 4) is 0 Å². The summed E-state index contributed by atoms with van der Waals surface area (Å²) in [6.45, 7) is 5.47. The van der Waals surface area contributed by atoms with Crippen molar-refractivity contribution in [1.82, 2.24) is 10.2 Å². The summed E-state index contributed by atoms with van der Waals surface area (Å²) in [5.41, 5.74) is 6.02. The van der Waals surface area contributed by atoms with Crippen molar-refractivity contribution in [1.29, 1.82) is 0 Å². The second kappa shape index (κ2) is 5.70. The van der Waals surface area contributed by atoms with Gasteiger partial charge in [0, 0.05) is 12.1 Å². The van der Waals surface area contributed by atoms with Crippen molar-refractivity contribution in [3.63, 3.8) is 0 Å². The Labute approximate surface area is 116 Å². The van der Waals surface area contributed by atoms with Gasteiger partial charge >= 0.3 is 0 Å². The number of aliphatic imine (C=N–C) groups is 1. The Morgan fingerprint density at radius 3 is 2.84 bits per heavy atom. The summed E-state index contributed by atoms with van der Waals surface area (Å²) in [5.74, 6) is 2.55. The third-order valence-electron chi connectivity index (χ3n) is 5.31. The molecule has 0 radical (unpaired) electrons. The molecule has 1 unspecified atom stereocenters. The third kappa shape index (κ3) is 3.04. The molecule has 3 atom stereocenters. The van der Waals surface area contributed by atoms with Gasteiger partial charge in [0.2, 0.25) is 0 Å². The van der Waals surface area contributed by atoms with Crippen LogP contribution in [0.3, 0.4) is 0 Å². The van der Waals surface area contributed by atoms with E-state index in [-0.39, 0.29) is 0 Å². The number of nitrogens with zero attached hydrogens (tertiary/aromatic N) is 2. The first-order valence-corrected chi connectivity index (χ1v) is 8.08. The smallest absolute Gasteiger partial charge is 0.188 e. The number of hydrogen-bond donors (Lipinski definition) is 2. The van der Waals surface area contributed by atoms with Crippen molar-refractivity contribution >= 4 is 5.96 Å². The maximum atomic E-state index is 6.02. The molecule has 4 heteroatoms. The van der Waals surface area contributed by atoms with Gasteiger partial charge in [-0.25, -0.2) is 0 Å². The van der Waals surface area contributed by atoms with E-state index in [1.165, 1.54) is 45.1 Å². The molecule has 0 bridgehead atoms. The maximum absolute atomic E-state index is 6.02. The molecule has 1 aliphatic heterocycles. The van der Waals surface area contributed by atoms with E-state index < -0.39 is 0 Å². The van der Waals surface area contributed by atoms with Crippen LogP contribution in [-0.2, 0) is 0 Å². The minimum Gasteiger partial charge on any atom is -0.370 e.